The Balaban J connectivity index is 0.000000461. The average Bonchev–Trinajstić information content (AvgIpc) is 2.62. The Bertz CT molecular complexity index is 437. The van der Waals surface area contributed by atoms with Crippen molar-refractivity contribution in [3.63, 3.8) is 0 Å². The van der Waals surface area contributed by atoms with Crippen LogP contribution in [0.3, 0.4) is 0 Å². The molecule has 0 atom stereocenters. The van der Waals surface area contributed by atoms with Crippen LogP contribution in [-0.4, -0.2) is 15.7 Å². The fraction of sp³-hybridized carbons (Fsp3) is 0.200. The first-order valence-electron chi connectivity index (χ1n) is 4.39. The lowest BCUT2D eigenvalue weighted by molar-refractivity contribution is 0.111. The van der Waals surface area contributed by atoms with E-state index in [2.05, 4.69) is 20.9 Å². The maximum absolute atomic E-state index is 10.5. The van der Waals surface area contributed by atoms with Crippen LogP contribution in [0.15, 0.2) is 29.0 Å². The van der Waals surface area contributed by atoms with Gasteiger partial charge in [-0.25, -0.2) is 4.98 Å². The number of fused-ring (bicyclic) bond motifs is 1. The van der Waals surface area contributed by atoms with Crippen LogP contribution in [0.25, 0.3) is 5.65 Å². The molecular weight excluding hydrogens is 244 g/mol. The molecule has 2 rings (SSSR count). The third-order valence-corrected chi connectivity index (χ3v) is 2.12. The summed E-state index contributed by atoms with van der Waals surface area (Å²) in [4.78, 5) is 14.5. The molecule has 0 N–H and O–H groups in total. The standard InChI is InChI=1S/C8H5BrN2O.C2H6/c9-6-1-2-11-7(5-12)4-10-8(11)3-6;1-2/h1-5H;1-2H3. The number of nitrogens with zero attached hydrogens (tertiary/aromatic N) is 2. The summed E-state index contributed by atoms with van der Waals surface area (Å²) in [6.45, 7) is 4.00. The predicted molar refractivity (Wildman–Crippen MR) is 59.6 cm³/mol. The van der Waals surface area contributed by atoms with Crippen molar-refractivity contribution in [1.82, 2.24) is 9.38 Å². The molecular formula is C10H11BrN2O. The minimum atomic E-state index is 0.567. The molecule has 0 unspecified atom stereocenters. The zero-order chi connectivity index (χ0) is 10.6. The Morgan fingerprint density at radius 3 is 2.86 bits per heavy atom. The molecule has 0 saturated carbocycles. The SMILES string of the molecule is CC.O=Cc1cnc2cc(Br)ccn12. The Labute approximate surface area is 90.9 Å². The Morgan fingerprint density at radius 2 is 2.21 bits per heavy atom. The highest BCUT2D eigenvalue weighted by Crippen LogP contribution is 2.12. The molecule has 14 heavy (non-hydrogen) atoms. The number of imidazole rings is 1. The highest BCUT2D eigenvalue weighted by molar-refractivity contribution is 9.10. The summed E-state index contributed by atoms with van der Waals surface area (Å²) in [5.41, 5.74) is 1.34. The number of carbonyl (C=O) groups is 1. The summed E-state index contributed by atoms with van der Waals surface area (Å²) in [6.07, 6.45) is 4.14. The summed E-state index contributed by atoms with van der Waals surface area (Å²) in [7, 11) is 0. The lowest BCUT2D eigenvalue weighted by Gasteiger charge is -1.94. The van der Waals surface area contributed by atoms with Crippen LogP contribution in [0.1, 0.15) is 24.3 Å². The second kappa shape index (κ2) is 4.91. The van der Waals surface area contributed by atoms with Crippen molar-refractivity contribution in [2.45, 2.75) is 13.8 Å². The smallest absolute Gasteiger partial charge is 0.168 e. The van der Waals surface area contributed by atoms with Crippen molar-refractivity contribution in [2.75, 3.05) is 0 Å². The number of rotatable bonds is 1. The first kappa shape index (κ1) is 10.9. The fourth-order valence-electron chi connectivity index (χ4n) is 1.06. The molecule has 4 heteroatoms. The number of pyridine rings is 1. The van der Waals surface area contributed by atoms with E-state index in [1.54, 1.807) is 16.8 Å². The van der Waals surface area contributed by atoms with E-state index in [0.717, 1.165) is 16.4 Å². The molecule has 0 aliphatic carbocycles. The first-order chi connectivity index (χ1) is 6.81. The van der Waals surface area contributed by atoms with E-state index >= 15 is 0 Å². The van der Waals surface area contributed by atoms with Gasteiger partial charge < -0.3 is 0 Å². The van der Waals surface area contributed by atoms with Gasteiger partial charge in [0.2, 0.25) is 0 Å². The van der Waals surface area contributed by atoms with Crippen molar-refractivity contribution in [1.29, 1.82) is 0 Å². The Kier molecular flexibility index (Phi) is 3.83. The molecule has 3 nitrogen and oxygen atoms in total. The molecule has 2 aromatic rings. The molecule has 0 spiro atoms. The van der Waals surface area contributed by atoms with E-state index < -0.39 is 0 Å². The number of aromatic nitrogens is 2. The minimum Gasteiger partial charge on any atom is -0.297 e. The molecule has 0 aliphatic rings. The van der Waals surface area contributed by atoms with Crippen LogP contribution in [0.2, 0.25) is 0 Å². The zero-order valence-corrected chi connectivity index (χ0v) is 9.65. The van der Waals surface area contributed by atoms with Crippen LogP contribution < -0.4 is 0 Å². The lowest BCUT2D eigenvalue weighted by atomic mass is 10.4. The van der Waals surface area contributed by atoms with Gasteiger partial charge in [-0.1, -0.05) is 29.8 Å². The van der Waals surface area contributed by atoms with Gasteiger partial charge in [0.1, 0.15) is 11.3 Å². The van der Waals surface area contributed by atoms with Crippen LogP contribution in [-0.2, 0) is 0 Å². The average molecular weight is 255 g/mol. The van der Waals surface area contributed by atoms with E-state index in [1.807, 2.05) is 26.0 Å². The van der Waals surface area contributed by atoms with Gasteiger partial charge in [-0.15, -0.1) is 0 Å². The summed E-state index contributed by atoms with van der Waals surface area (Å²) < 4.78 is 2.69. The van der Waals surface area contributed by atoms with Crippen LogP contribution >= 0.6 is 15.9 Å². The molecule has 0 radical (unpaired) electrons. The highest BCUT2D eigenvalue weighted by atomic mass is 79.9. The van der Waals surface area contributed by atoms with Crippen molar-refractivity contribution in [3.05, 3.63) is 34.7 Å². The van der Waals surface area contributed by atoms with E-state index in [-0.39, 0.29) is 0 Å². The highest BCUT2D eigenvalue weighted by Gasteiger charge is 2.00. The van der Waals surface area contributed by atoms with Gasteiger partial charge in [0.25, 0.3) is 0 Å². The van der Waals surface area contributed by atoms with Crippen LogP contribution in [0.4, 0.5) is 0 Å². The van der Waals surface area contributed by atoms with Crippen molar-refractivity contribution in [2.24, 2.45) is 0 Å². The molecule has 0 aromatic carbocycles. The van der Waals surface area contributed by atoms with Gasteiger partial charge in [0.05, 0.1) is 6.20 Å². The van der Waals surface area contributed by atoms with E-state index in [9.17, 15) is 4.79 Å². The predicted octanol–water partition coefficient (Wildman–Crippen LogP) is 2.94. The van der Waals surface area contributed by atoms with Gasteiger partial charge in [0, 0.05) is 10.7 Å². The van der Waals surface area contributed by atoms with Gasteiger partial charge >= 0.3 is 0 Å². The van der Waals surface area contributed by atoms with Gasteiger partial charge in [-0.3, -0.25) is 9.20 Å². The monoisotopic (exact) mass is 254 g/mol. The summed E-state index contributed by atoms with van der Waals surface area (Å²) in [5.74, 6) is 0. The molecule has 0 bridgehead atoms. The van der Waals surface area contributed by atoms with Crippen LogP contribution in [0, 0.1) is 0 Å². The lowest BCUT2D eigenvalue weighted by Crippen LogP contribution is -1.88. The summed E-state index contributed by atoms with van der Waals surface area (Å²) >= 11 is 3.32. The maximum Gasteiger partial charge on any atom is 0.168 e. The number of aldehydes is 1. The topological polar surface area (TPSA) is 34.4 Å². The van der Waals surface area contributed by atoms with Gasteiger partial charge in [0.15, 0.2) is 6.29 Å². The number of hydrogen-bond acceptors (Lipinski definition) is 2. The molecule has 2 aromatic heterocycles. The third kappa shape index (κ3) is 2.01. The summed E-state index contributed by atoms with van der Waals surface area (Å²) in [6, 6.07) is 3.72. The fourth-order valence-corrected chi connectivity index (χ4v) is 1.39. The quantitative estimate of drug-likeness (QED) is 0.734. The Hall–Kier alpha value is -1.16. The molecule has 0 fully saturated rings. The van der Waals surface area contributed by atoms with Crippen molar-refractivity contribution in [3.8, 4) is 0 Å². The van der Waals surface area contributed by atoms with Crippen molar-refractivity contribution >= 4 is 27.9 Å². The number of halogens is 1. The number of hydrogen-bond donors (Lipinski definition) is 0. The number of carbonyl (C=O) groups excluding carboxylic acids is 1. The second-order valence-electron chi connectivity index (χ2n) is 2.37. The Morgan fingerprint density at radius 1 is 1.50 bits per heavy atom. The first-order valence-corrected chi connectivity index (χ1v) is 5.18. The largest absolute Gasteiger partial charge is 0.297 e. The second-order valence-corrected chi connectivity index (χ2v) is 3.29. The molecule has 0 saturated heterocycles. The normalized spacial score (nSPS) is 9.36. The maximum atomic E-state index is 10.5. The zero-order valence-electron chi connectivity index (χ0n) is 8.07. The molecule has 2 heterocycles. The molecule has 74 valence electrons. The van der Waals surface area contributed by atoms with Crippen LogP contribution in [0.5, 0.6) is 0 Å². The van der Waals surface area contributed by atoms with Gasteiger partial charge in [-0.05, 0) is 12.1 Å². The van der Waals surface area contributed by atoms with E-state index in [4.69, 9.17) is 0 Å². The van der Waals surface area contributed by atoms with E-state index in [0.29, 0.717) is 5.69 Å². The van der Waals surface area contributed by atoms with Gasteiger partial charge in [-0.2, -0.15) is 0 Å². The molecule has 0 aliphatic heterocycles. The third-order valence-electron chi connectivity index (χ3n) is 1.62. The molecule has 0 amide bonds. The summed E-state index contributed by atoms with van der Waals surface area (Å²) in [5, 5.41) is 0. The minimum absolute atomic E-state index is 0.567. The van der Waals surface area contributed by atoms with Crippen molar-refractivity contribution < 1.29 is 4.79 Å². The van der Waals surface area contributed by atoms with E-state index in [1.165, 1.54) is 0 Å².